The van der Waals surface area contributed by atoms with Gasteiger partial charge in [-0.2, -0.15) is 9.40 Å². The van der Waals surface area contributed by atoms with Gasteiger partial charge in [-0.25, -0.2) is 8.42 Å². The number of sulfonamides is 1. The van der Waals surface area contributed by atoms with E-state index in [0.29, 0.717) is 25.8 Å². The van der Waals surface area contributed by atoms with Crippen molar-refractivity contribution in [3.63, 3.8) is 0 Å². The Bertz CT molecular complexity index is 610. The number of rotatable bonds is 4. The lowest BCUT2D eigenvalue weighted by atomic mass is 9.78. The van der Waals surface area contributed by atoms with Crippen LogP contribution in [0.15, 0.2) is 17.3 Å². The van der Waals surface area contributed by atoms with E-state index in [1.165, 1.54) is 21.3 Å². The highest BCUT2D eigenvalue weighted by atomic mass is 32.2. The van der Waals surface area contributed by atoms with Gasteiger partial charge < -0.3 is 5.11 Å². The highest BCUT2D eigenvalue weighted by Gasteiger charge is 2.44. The number of hydrogen-bond donors (Lipinski definition) is 1. The van der Waals surface area contributed by atoms with Crippen LogP contribution in [-0.2, 0) is 21.9 Å². The van der Waals surface area contributed by atoms with E-state index in [1.807, 2.05) is 0 Å². The lowest BCUT2D eigenvalue weighted by Crippen LogP contribution is -2.49. The van der Waals surface area contributed by atoms with Gasteiger partial charge in [-0.15, -0.1) is 0 Å². The summed E-state index contributed by atoms with van der Waals surface area (Å²) in [6, 6.07) is 1.43. The minimum absolute atomic E-state index is 0.0202. The van der Waals surface area contributed by atoms with Crippen LogP contribution in [0.25, 0.3) is 0 Å². The summed E-state index contributed by atoms with van der Waals surface area (Å²) in [4.78, 5) is 11.5. The molecule has 0 bridgehead atoms. The number of aryl methyl sites for hydroxylation is 1. The minimum Gasteiger partial charge on any atom is -0.481 e. The lowest BCUT2D eigenvalue weighted by Gasteiger charge is -2.38. The molecule has 0 aliphatic carbocycles. The molecular weight excluding hydrogens is 282 g/mol. The summed E-state index contributed by atoms with van der Waals surface area (Å²) in [5, 5.41) is 13.4. The Kier molecular flexibility index (Phi) is 3.88. The fourth-order valence-corrected chi connectivity index (χ4v) is 4.32. The number of carbonyl (C=O) groups is 1. The summed E-state index contributed by atoms with van der Waals surface area (Å²) in [6.07, 6.45) is 2.90. The van der Waals surface area contributed by atoms with E-state index < -0.39 is 21.4 Å². The molecule has 1 unspecified atom stereocenters. The highest BCUT2D eigenvalue weighted by Crippen LogP contribution is 2.35. The van der Waals surface area contributed by atoms with Crippen molar-refractivity contribution in [2.24, 2.45) is 12.5 Å². The van der Waals surface area contributed by atoms with E-state index in [9.17, 15) is 18.3 Å². The molecule has 0 amide bonds. The van der Waals surface area contributed by atoms with E-state index in [0.717, 1.165) is 0 Å². The first-order chi connectivity index (χ1) is 9.33. The summed E-state index contributed by atoms with van der Waals surface area (Å²) < 4.78 is 27.7. The molecule has 0 aromatic carbocycles. The number of hydrogen-bond acceptors (Lipinski definition) is 4. The summed E-state index contributed by atoms with van der Waals surface area (Å²) in [6.45, 7) is 2.16. The number of nitrogens with zero attached hydrogens (tertiary/aromatic N) is 3. The third kappa shape index (κ3) is 2.33. The predicted octanol–water partition coefficient (Wildman–Crippen LogP) is 0.686. The average Bonchev–Trinajstić information content (AvgIpc) is 2.85. The Morgan fingerprint density at radius 2 is 2.25 bits per heavy atom. The maximum Gasteiger partial charge on any atom is 0.310 e. The molecule has 1 atom stereocenters. The van der Waals surface area contributed by atoms with Crippen molar-refractivity contribution in [1.82, 2.24) is 14.1 Å². The molecule has 7 nitrogen and oxygen atoms in total. The van der Waals surface area contributed by atoms with Gasteiger partial charge in [-0.05, 0) is 25.3 Å². The standard InChI is InChI=1S/C12H19N3O4S/c1-3-12(11(16)17)6-4-8-15(9-12)20(18,19)10-5-7-13-14(10)2/h5,7H,3-4,6,8-9H2,1-2H3,(H,16,17). The first kappa shape index (κ1) is 15.0. The molecule has 1 aliphatic rings. The normalized spacial score (nSPS) is 24.7. The topological polar surface area (TPSA) is 92.5 Å². The molecule has 2 heterocycles. The van der Waals surface area contributed by atoms with Gasteiger partial charge in [-0.1, -0.05) is 6.92 Å². The molecule has 20 heavy (non-hydrogen) atoms. The maximum absolute atomic E-state index is 12.6. The molecule has 1 fully saturated rings. The molecule has 0 radical (unpaired) electrons. The Balaban J connectivity index is 2.34. The molecule has 8 heteroatoms. The molecule has 0 saturated carbocycles. The number of piperidine rings is 1. The van der Waals surface area contributed by atoms with Crippen LogP contribution in [0.3, 0.4) is 0 Å². The quantitative estimate of drug-likeness (QED) is 0.883. The van der Waals surface area contributed by atoms with Gasteiger partial charge in [0.25, 0.3) is 10.0 Å². The third-order valence-corrected chi connectivity index (χ3v) is 5.97. The van der Waals surface area contributed by atoms with Crippen LogP contribution in [-0.4, -0.2) is 46.7 Å². The molecule has 1 aliphatic heterocycles. The molecule has 1 aromatic heterocycles. The fraction of sp³-hybridized carbons (Fsp3) is 0.667. The predicted molar refractivity (Wildman–Crippen MR) is 71.6 cm³/mol. The third-order valence-electron chi connectivity index (χ3n) is 4.05. The monoisotopic (exact) mass is 301 g/mol. The molecular formula is C12H19N3O4S. The van der Waals surface area contributed by atoms with Crippen LogP contribution in [0.1, 0.15) is 26.2 Å². The summed E-state index contributed by atoms with van der Waals surface area (Å²) in [5.74, 6) is -0.926. The second-order valence-electron chi connectivity index (χ2n) is 5.17. The van der Waals surface area contributed by atoms with Crippen LogP contribution in [0.2, 0.25) is 0 Å². The van der Waals surface area contributed by atoms with Crippen molar-refractivity contribution in [1.29, 1.82) is 0 Å². The van der Waals surface area contributed by atoms with Crippen molar-refractivity contribution in [2.75, 3.05) is 13.1 Å². The largest absolute Gasteiger partial charge is 0.481 e. The van der Waals surface area contributed by atoms with Crippen molar-refractivity contribution in [3.05, 3.63) is 12.3 Å². The van der Waals surface area contributed by atoms with Gasteiger partial charge in [0.05, 0.1) is 11.6 Å². The Morgan fingerprint density at radius 1 is 1.55 bits per heavy atom. The second-order valence-corrected chi connectivity index (χ2v) is 7.06. The smallest absolute Gasteiger partial charge is 0.310 e. The van der Waals surface area contributed by atoms with Crippen LogP contribution in [0.5, 0.6) is 0 Å². The Morgan fingerprint density at radius 3 is 2.75 bits per heavy atom. The van der Waals surface area contributed by atoms with Crippen LogP contribution < -0.4 is 0 Å². The van der Waals surface area contributed by atoms with Gasteiger partial charge >= 0.3 is 5.97 Å². The van der Waals surface area contributed by atoms with E-state index in [-0.39, 0.29) is 11.6 Å². The molecule has 1 N–H and O–H groups in total. The van der Waals surface area contributed by atoms with E-state index in [4.69, 9.17) is 0 Å². The molecule has 1 aromatic rings. The van der Waals surface area contributed by atoms with Crippen molar-refractivity contribution >= 4 is 16.0 Å². The Labute approximate surface area is 118 Å². The van der Waals surface area contributed by atoms with Crippen LogP contribution >= 0.6 is 0 Å². The fourth-order valence-electron chi connectivity index (χ4n) is 2.66. The number of carboxylic acid groups (broad SMARTS) is 1. The zero-order valence-corrected chi connectivity index (χ0v) is 12.4. The molecule has 2 rings (SSSR count). The van der Waals surface area contributed by atoms with E-state index in [2.05, 4.69) is 5.10 Å². The first-order valence-electron chi connectivity index (χ1n) is 6.55. The van der Waals surface area contributed by atoms with Gasteiger partial charge in [-0.3, -0.25) is 9.48 Å². The highest BCUT2D eigenvalue weighted by molar-refractivity contribution is 7.89. The van der Waals surface area contributed by atoms with Gasteiger partial charge in [0.1, 0.15) is 0 Å². The SMILES string of the molecule is CCC1(C(=O)O)CCCN(S(=O)(=O)c2ccnn2C)C1. The maximum atomic E-state index is 12.6. The number of aromatic nitrogens is 2. The van der Waals surface area contributed by atoms with Gasteiger partial charge in [0.2, 0.25) is 0 Å². The van der Waals surface area contributed by atoms with Crippen LogP contribution in [0.4, 0.5) is 0 Å². The zero-order valence-electron chi connectivity index (χ0n) is 11.6. The van der Waals surface area contributed by atoms with Crippen molar-refractivity contribution in [2.45, 2.75) is 31.2 Å². The second kappa shape index (κ2) is 5.17. The van der Waals surface area contributed by atoms with Gasteiger partial charge in [0, 0.05) is 20.1 Å². The van der Waals surface area contributed by atoms with Gasteiger partial charge in [0.15, 0.2) is 5.03 Å². The summed E-state index contributed by atoms with van der Waals surface area (Å²) in [5.41, 5.74) is -0.982. The average molecular weight is 301 g/mol. The molecule has 1 saturated heterocycles. The van der Waals surface area contributed by atoms with Crippen molar-refractivity contribution < 1.29 is 18.3 Å². The van der Waals surface area contributed by atoms with Crippen molar-refractivity contribution in [3.8, 4) is 0 Å². The number of aliphatic carboxylic acids is 1. The first-order valence-corrected chi connectivity index (χ1v) is 7.99. The number of carboxylic acids is 1. The molecule has 0 spiro atoms. The summed E-state index contributed by atoms with van der Waals surface area (Å²) in [7, 11) is -2.14. The molecule has 112 valence electrons. The van der Waals surface area contributed by atoms with Crippen LogP contribution in [0, 0.1) is 5.41 Å². The summed E-state index contributed by atoms with van der Waals surface area (Å²) >= 11 is 0. The van der Waals surface area contributed by atoms with E-state index in [1.54, 1.807) is 14.0 Å². The lowest BCUT2D eigenvalue weighted by molar-refractivity contribution is -0.151. The van der Waals surface area contributed by atoms with E-state index >= 15 is 0 Å². The Hall–Kier alpha value is -1.41. The minimum atomic E-state index is -3.69. The zero-order chi connectivity index (χ0) is 15.0.